The third-order valence-corrected chi connectivity index (χ3v) is 6.15. The Hall–Kier alpha value is -2.66. The first-order valence-corrected chi connectivity index (χ1v) is 10.3. The second-order valence-electron chi connectivity index (χ2n) is 7.91. The maximum Gasteiger partial charge on any atom is 0.262 e. The van der Waals surface area contributed by atoms with Crippen LogP contribution in [0.1, 0.15) is 39.1 Å². The molecule has 0 aromatic heterocycles. The van der Waals surface area contributed by atoms with E-state index < -0.39 is 29.7 Å². The highest BCUT2D eigenvalue weighted by Gasteiger charge is 2.45. The van der Waals surface area contributed by atoms with Gasteiger partial charge < -0.3 is 20.1 Å². The van der Waals surface area contributed by atoms with Crippen molar-refractivity contribution >= 4 is 23.6 Å². The number of nitrogens with zero attached hydrogens (tertiary/aromatic N) is 1. The fraction of sp³-hybridized carbons (Fsp3) is 0.524. The van der Waals surface area contributed by atoms with Crippen LogP contribution in [0.5, 0.6) is 0 Å². The molecule has 10 heteroatoms. The highest BCUT2D eigenvalue weighted by molar-refractivity contribution is 6.24. The highest BCUT2D eigenvalue weighted by Crippen LogP contribution is 2.30. The second-order valence-corrected chi connectivity index (χ2v) is 7.91. The molecular weight excluding hydrogens is 404 g/mol. The van der Waals surface area contributed by atoms with Gasteiger partial charge in [-0.2, -0.15) is 0 Å². The van der Waals surface area contributed by atoms with Crippen molar-refractivity contribution in [2.75, 3.05) is 27.3 Å². The van der Waals surface area contributed by atoms with Gasteiger partial charge in [0.2, 0.25) is 11.8 Å². The highest BCUT2D eigenvalue weighted by atomic mass is 16.5. The van der Waals surface area contributed by atoms with Gasteiger partial charge in [0, 0.05) is 46.3 Å². The molecule has 3 heterocycles. The van der Waals surface area contributed by atoms with Crippen LogP contribution in [0.25, 0.3) is 0 Å². The maximum atomic E-state index is 13.1. The van der Waals surface area contributed by atoms with Crippen LogP contribution >= 0.6 is 0 Å². The van der Waals surface area contributed by atoms with Crippen LogP contribution < -0.4 is 16.0 Å². The summed E-state index contributed by atoms with van der Waals surface area (Å²) in [5.74, 6) is -2.01. The van der Waals surface area contributed by atoms with Gasteiger partial charge in [0.15, 0.2) is 0 Å². The smallest absolute Gasteiger partial charge is 0.262 e. The minimum absolute atomic E-state index is 0.0287. The molecule has 1 aromatic rings. The molecule has 3 aliphatic rings. The number of methoxy groups -OCH3 is 2. The monoisotopic (exact) mass is 430 g/mol. The number of hydrogen-bond acceptors (Lipinski definition) is 8. The summed E-state index contributed by atoms with van der Waals surface area (Å²) in [5.41, 5.74) is 1.27. The van der Waals surface area contributed by atoms with Crippen molar-refractivity contribution in [2.45, 2.75) is 43.7 Å². The fourth-order valence-electron chi connectivity index (χ4n) is 4.58. The van der Waals surface area contributed by atoms with Crippen molar-refractivity contribution < 1.29 is 28.7 Å². The number of imide groups is 2. The Balaban J connectivity index is 1.46. The summed E-state index contributed by atoms with van der Waals surface area (Å²) in [6, 6.07) is 4.18. The molecular formula is C21H26N4O6. The zero-order valence-electron chi connectivity index (χ0n) is 17.5. The molecule has 1 aromatic carbocycles. The van der Waals surface area contributed by atoms with Gasteiger partial charge in [0.25, 0.3) is 11.8 Å². The van der Waals surface area contributed by atoms with Crippen molar-refractivity contribution in [2.24, 2.45) is 0 Å². The minimum atomic E-state index is -0.970. The Morgan fingerprint density at radius 2 is 1.94 bits per heavy atom. The quantitative estimate of drug-likeness (QED) is 0.479. The Kier molecular flexibility index (Phi) is 6.15. The number of nitrogens with one attached hydrogen (secondary N) is 3. The molecule has 0 spiro atoms. The molecule has 166 valence electrons. The SMILES string of the molecule is CO[C@H]1[C@H](CNCc2cccc3c2C(=O)N(C2CCC(=O)NC2=O)C3=O)NC[C@H]1OC. The minimum Gasteiger partial charge on any atom is -0.377 e. The van der Waals surface area contributed by atoms with E-state index in [-0.39, 0.29) is 36.7 Å². The molecule has 4 rings (SSSR count). The molecule has 31 heavy (non-hydrogen) atoms. The molecule has 2 saturated heterocycles. The summed E-state index contributed by atoms with van der Waals surface area (Å²) in [6.07, 6.45) is 0.107. The van der Waals surface area contributed by atoms with E-state index in [1.165, 1.54) is 0 Å². The van der Waals surface area contributed by atoms with Gasteiger partial charge in [-0.15, -0.1) is 0 Å². The van der Waals surface area contributed by atoms with Gasteiger partial charge in [-0.1, -0.05) is 12.1 Å². The van der Waals surface area contributed by atoms with E-state index in [1.807, 2.05) is 0 Å². The average Bonchev–Trinajstić information content (AvgIpc) is 3.27. The van der Waals surface area contributed by atoms with Gasteiger partial charge in [-0.25, -0.2) is 0 Å². The third kappa shape index (κ3) is 3.87. The van der Waals surface area contributed by atoms with Crippen LogP contribution in [0.15, 0.2) is 18.2 Å². The van der Waals surface area contributed by atoms with Crippen molar-refractivity contribution in [3.8, 4) is 0 Å². The Bertz CT molecular complexity index is 919. The van der Waals surface area contributed by atoms with E-state index in [2.05, 4.69) is 16.0 Å². The van der Waals surface area contributed by atoms with E-state index in [9.17, 15) is 19.2 Å². The van der Waals surface area contributed by atoms with Crippen molar-refractivity contribution in [1.29, 1.82) is 0 Å². The number of hydrogen-bond donors (Lipinski definition) is 3. The van der Waals surface area contributed by atoms with E-state index in [4.69, 9.17) is 9.47 Å². The van der Waals surface area contributed by atoms with Crippen molar-refractivity contribution in [1.82, 2.24) is 20.9 Å². The Morgan fingerprint density at radius 3 is 2.65 bits per heavy atom. The molecule has 0 bridgehead atoms. The number of fused-ring (bicyclic) bond motifs is 1. The lowest BCUT2D eigenvalue weighted by Gasteiger charge is -2.27. The average molecular weight is 430 g/mol. The molecule has 10 nitrogen and oxygen atoms in total. The van der Waals surface area contributed by atoms with Crippen LogP contribution in [0.3, 0.4) is 0 Å². The lowest BCUT2D eigenvalue weighted by atomic mass is 10.0. The first-order valence-electron chi connectivity index (χ1n) is 10.3. The summed E-state index contributed by atoms with van der Waals surface area (Å²) in [5, 5.41) is 8.89. The van der Waals surface area contributed by atoms with Crippen LogP contribution in [-0.2, 0) is 25.6 Å². The largest absolute Gasteiger partial charge is 0.377 e. The molecule has 0 saturated carbocycles. The number of ether oxygens (including phenoxy) is 2. The zero-order chi connectivity index (χ0) is 22.1. The molecule has 3 N–H and O–H groups in total. The zero-order valence-corrected chi connectivity index (χ0v) is 17.5. The van der Waals surface area contributed by atoms with Crippen LogP contribution in [0, 0.1) is 0 Å². The van der Waals surface area contributed by atoms with Crippen LogP contribution in [0.2, 0.25) is 0 Å². The first kappa shape index (κ1) is 21.6. The van der Waals surface area contributed by atoms with Gasteiger partial charge in [-0.05, 0) is 18.1 Å². The Labute approximate surface area is 179 Å². The molecule has 4 atom stereocenters. The van der Waals surface area contributed by atoms with Gasteiger partial charge in [0.1, 0.15) is 12.1 Å². The van der Waals surface area contributed by atoms with Crippen molar-refractivity contribution in [3.63, 3.8) is 0 Å². The lowest BCUT2D eigenvalue weighted by molar-refractivity contribution is -0.136. The number of benzene rings is 1. The van der Waals surface area contributed by atoms with E-state index in [1.54, 1.807) is 32.4 Å². The van der Waals surface area contributed by atoms with E-state index in [0.717, 1.165) is 4.90 Å². The molecule has 1 unspecified atom stereocenters. The topological polar surface area (TPSA) is 126 Å². The normalized spacial score (nSPS) is 28.3. The number of amides is 4. The van der Waals surface area contributed by atoms with E-state index in [0.29, 0.717) is 30.8 Å². The van der Waals surface area contributed by atoms with Gasteiger partial charge in [0.05, 0.1) is 17.2 Å². The fourth-order valence-corrected chi connectivity index (χ4v) is 4.58. The summed E-state index contributed by atoms with van der Waals surface area (Å²) in [6.45, 7) is 1.65. The summed E-state index contributed by atoms with van der Waals surface area (Å²) in [7, 11) is 3.30. The first-order chi connectivity index (χ1) is 15.0. The van der Waals surface area contributed by atoms with Gasteiger partial charge in [-0.3, -0.25) is 29.4 Å². The molecule has 0 aliphatic carbocycles. The standard InChI is InChI=1S/C21H26N4O6/c1-30-15-10-23-13(18(15)31-2)9-22-8-11-4-3-5-12-17(11)21(29)25(20(12)28)14-6-7-16(26)24-19(14)27/h3-5,13-15,18,22-23H,6-10H2,1-2H3,(H,24,26,27)/t13-,14?,15+,18-/m0/s1. The number of rotatable bonds is 7. The Morgan fingerprint density at radius 1 is 1.13 bits per heavy atom. The van der Waals surface area contributed by atoms with Crippen LogP contribution in [0.4, 0.5) is 0 Å². The lowest BCUT2D eigenvalue weighted by Crippen LogP contribution is -2.54. The number of carbonyl (C=O) groups is 4. The molecule has 2 fully saturated rings. The maximum absolute atomic E-state index is 13.1. The molecule has 4 amide bonds. The molecule has 0 radical (unpaired) electrons. The summed E-state index contributed by atoms with van der Waals surface area (Å²) >= 11 is 0. The van der Waals surface area contributed by atoms with Crippen molar-refractivity contribution in [3.05, 3.63) is 34.9 Å². The number of piperidine rings is 1. The van der Waals surface area contributed by atoms with Crippen LogP contribution in [-0.4, -0.2) is 80.1 Å². The molecule has 3 aliphatic heterocycles. The predicted molar refractivity (Wildman–Crippen MR) is 108 cm³/mol. The second kappa shape index (κ2) is 8.83. The number of carbonyl (C=O) groups excluding carboxylic acids is 4. The van der Waals surface area contributed by atoms with Gasteiger partial charge >= 0.3 is 0 Å². The predicted octanol–water partition coefficient (Wildman–Crippen LogP) is -0.821. The van der Waals surface area contributed by atoms with E-state index >= 15 is 0 Å². The third-order valence-electron chi connectivity index (χ3n) is 6.15. The summed E-state index contributed by atoms with van der Waals surface area (Å²) < 4.78 is 11.0. The summed E-state index contributed by atoms with van der Waals surface area (Å²) in [4.78, 5) is 50.7.